The Morgan fingerprint density at radius 3 is 2.74 bits per heavy atom. The summed E-state index contributed by atoms with van der Waals surface area (Å²) in [4.78, 5) is 2.23. The topological polar surface area (TPSA) is 78.8 Å². The van der Waals surface area contributed by atoms with E-state index in [0.717, 1.165) is 41.2 Å². The third-order valence-electron chi connectivity index (χ3n) is 3.23. The van der Waals surface area contributed by atoms with Crippen LogP contribution in [0, 0.1) is 11.3 Å². The molecule has 96 valence electrons. The lowest BCUT2D eigenvalue weighted by Gasteiger charge is -2.28. The zero-order chi connectivity index (χ0) is 13.2. The van der Waals surface area contributed by atoms with Crippen LogP contribution in [0.15, 0.2) is 18.2 Å². The average Bonchev–Trinajstić information content (AvgIpc) is 2.48. The van der Waals surface area contributed by atoms with Crippen molar-refractivity contribution in [3.63, 3.8) is 0 Å². The molecule has 1 aliphatic heterocycles. The molecule has 2 heterocycles. The molecule has 6 heteroatoms. The summed E-state index contributed by atoms with van der Waals surface area (Å²) >= 11 is 1.95. The molecule has 0 radical (unpaired) electrons. The average molecular weight is 271 g/mol. The quantitative estimate of drug-likeness (QED) is 0.849. The van der Waals surface area contributed by atoms with Crippen LogP contribution in [0.25, 0.3) is 10.8 Å². The minimum Gasteiger partial charge on any atom is -0.382 e. The van der Waals surface area contributed by atoms with Gasteiger partial charge in [0, 0.05) is 35.4 Å². The summed E-state index contributed by atoms with van der Waals surface area (Å²) in [6, 6.07) is 7.61. The van der Waals surface area contributed by atoms with Gasteiger partial charge >= 0.3 is 0 Å². The van der Waals surface area contributed by atoms with Gasteiger partial charge in [-0.05, 0) is 18.2 Å². The van der Waals surface area contributed by atoms with Crippen molar-refractivity contribution in [2.75, 3.05) is 35.2 Å². The number of nitrogens with two attached hydrogens (primary N) is 1. The van der Waals surface area contributed by atoms with Gasteiger partial charge in [0.05, 0.1) is 11.6 Å². The summed E-state index contributed by atoms with van der Waals surface area (Å²) in [5.41, 5.74) is 6.46. The number of aromatic nitrogens is 2. The van der Waals surface area contributed by atoms with Gasteiger partial charge in [-0.1, -0.05) is 0 Å². The Balaban J connectivity index is 2.15. The molecule has 0 saturated carbocycles. The molecule has 0 unspecified atom stereocenters. The van der Waals surface area contributed by atoms with Gasteiger partial charge in [-0.15, -0.1) is 10.2 Å². The molecule has 0 bridgehead atoms. The molecule has 19 heavy (non-hydrogen) atoms. The van der Waals surface area contributed by atoms with Crippen LogP contribution >= 0.6 is 11.8 Å². The van der Waals surface area contributed by atoms with Crippen molar-refractivity contribution in [3.8, 4) is 6.07 Å². The predicted octanol–water partition coefficient (Wildman–Crippen LogP) is 1.64. The van der Waals surface area contributed by atoms with Gasteiger partial charge in [0.25, 0.3) is 0 Å². The first-order chi connectivity index (χ1) is 9.29. The van der Waals surface area contributed by atoms with E-state index < -0.39 is 0 Å². The van der Waals surface area contributed by atoms with E-state index in [0.29, 0.717) is 11.4 Å². The van der Waals surface area contributed by atoms with Crippen molar-refractivity contribution in [1.29, 1.82) is 5.26 Å². The fourth-order valence-electron chi connectivity index (χ4n) is 2.24. The molecule has 2 aromatic rings. The second kappa shape index (κ2) is 4.94. The van der Waals surface area contributed by atoms with Crippen LogP contribution in [-0.2, 0) is 0 Å². The lowest BCUT2D eigenvalue weighted by molar-refractivity contribution is 0.828. The van der Waals surface area contributed by atoms with Crippen molar-refractivity contribution in [2.45, 2.75) is 0 Å². The number of thioether (sulfide) groups is 1. The number of nitrogen functional groups attached to an aromatic ring is 1. The Morgan fingerprint density at radius 2 is 2.00 bits per heavy atom. The maximum absolute atomic E-state index is 8.97. The number of fused-ring (bicyclic) bond motifs is 1. The zero-order valence-corrected chi connectivity index (χ0v) is 11.2. The Bertz CT molecular complexity index is 658. The van der Waals surface area contributed by atoms with E-state index in [2.05, 4.69) is 21.2 Å². The molecule has 0 atom stereocenters. The van der Waals surface area contributed by atoms with Gasteiger partial charge in [0.15, 0.2) is 11.6 Å². The zero-order valence-electron chi connectivity index (χ0n) is 10.3. The molecule has 2 N–H and O–H groups in total. The maximum atomic E-state index is 8.97. The largest absolute Gasteiger partial charge is 0.382 e. The number of nitrogens with zero attached hydrogens (tertiary/aromatic N) is 4. The molecule has 0 spiro atoms. The monoisotopic (exact) mass is 271 g/mol. The Hall–Kier alpha value is -2.00. The number of hydrogen-bond donors (Lipinski definition) is 1. The summed E-state index contributed by atoms with van der Waals surface area (Å²) in [5.74, 6) is 3.45. The summed E-state index contributed by atoms with van der Waals surface area (Å²) in [5, 5.41) is 19.0. The molecule has 0 amide bonds. The highest BCUT2D eigenvalue weighted by molar-refractivity contribution is 7.99. The fourth-order valence-corrected chi connectivity index (χ4v) is 3.14. The second-order valence-electron chi connectivity index (χ2n) is 4.38. The van der Waals surface area contributed by atoms with E-state index in [4.69, 9.17) is 11.0 Å². The van der Waals surface area contributed by atoms with Crippen LogP contribution in [0.2, 0.25) is 0 Å². The van der Waals surface area contributed by atoms with Crippen LogP contribution in [0.1, 0.15) is 5.56 Å². The van der Waals surface area contributed by atoms with Crippen molar-refractivity contribution < 1.29 is 0 Å². The molecule has 1 fully saturated rings. The summed E-state index contributed by atoms with van der Waals surface area (Å²) in [7, 11) is 0. The van der Waals surface area contributed by atoms with Gasteiger partial charge in [0.1, 0.15) is 0 Å². The van der Waals surface area contributed by atoms with Crippen LogP contribution in [0.4, 0.5) is 11.6 Å². The van der Waals surface area contributed by atoms with E-state index >= 15 is 0 Å². The normalized spacial score (nSPS) is 15.4. The first-order valence-electron chi connectivity index (χ1n) is 6.08. The van der Waals surface area contributed by atoms with Crippen molar-refractivity contribution in [2.24, 2.45) is 0 Å². The number of benzene rings is 1. The summed E-state index contributed by atoms with van der Waals surface area (Å²) in [6.07, 6.45) is 0. The summed E-state index contributed by atoms with van der Waals surface area (Å²) in [6.45, 7) is 1.94. The van der Waals surface area contributed by atoms with E-state index in [9.17, 15) is 0 Å². The SMILES string of the molecule is N#Cc1ccc2c(N3CCSCC3)nnc(N)c2c1. The molecule has 3 rings (SSSR count). The molecule has 1 aromatic carbocycles. The molecular formula is C13H13N5S. The molecule has 1 aromatic heterocycles. The van der Waals surface area contributed by atoms with Gasteiger partial charge in [-0.2, -0.15) is 17.0 Å². The van der Waals surface area contributed by atoms with Crippen molar-refractivity contribution in [1.82, 2.24) is 10.2 Å². The van der Waals surface area contributed by atoms with Crippen molar-refractivity contribution >= 4 is 34.2 Å². The number of anilines is 2. The third-order valence-corrected chi connectivity index (χ3v) is 4.17. The Kier molecular flexibility index (Phi) is 3.13. The standard InChI is InChI=1S/C13H13N5S/c14-8-9-1-2-10-11(7-9)12(15)16-17-13(10)18-3-5-19-6-4-18/h1-2,7H,3-6H2,(H2,15,16). The minimum absolute atomic E-state index is 0.377. The predicted molar refractivity (Wildman–Crippen MR) is 78.2 cm³/mol. The maximum Gasteiger partial charge on any atom is 0.159 e. The molecule has 5 nitrogen and oxygen atoms in total. The lowest BCUT2D eigenvalue weighted by Crippen LogP contribution is -2.33. The molecule has 1 saturated heterocycles. The minimum atomic E-state index is 0.377. The highest BCUT2D eigenvalue weighted by Crippen LogP contribution is 2.29. The number of hydrogen-bond acceptors (Lipinski definition) is 6. The molecule has 0 aliphatic carbocycles. The van der Waals surface area contributed by atoms with Crippen LogP contribution < -0.4 is 10.6 Å². The second-order valence-corrected chi connectivity index (χ2v) is 5.61. The van der Waals surface area contributed by atoms with Crippen LogP contribution in [0.5, 0.6) is 0 Å². The van der Waals surface area contributed by atoms with E-state index in [1.807, 2.05) is 17.8 Å². The van der Waals surface area contributed by atoms with Gasteiger partial charge in [-0.25, -0.2) is 0 Å². The number of nitriles is 1. The van der Waals surface area contributed by atoms with Gasteiger partial charge in [-0.3, -0.25) is 0 Å². The van der Waals surface area contributed by atoms with Crippen LogP contribution in [0.3, 0.4) is 0 Å². The van der Waals surface area contributed by atoms with Gasteiger partial charge < -0.3 is 10.6 Å². The highest BCUT2D eigenvalue weighted by Gasteiger charge is 2.17. The highest BCUT2D eigenvalue weighted by atomic mass is 32.2. The molecule has 1 aliphatic rings. The third kappa shape index (κ3) is 2.17. The van der Waals surface area contributed by atoms with Crippen molar-refractivity contribution in [3.05, 3.63) is 23.8 Å². The first kappa shape index (κ1) is 12.1. The van der Waals surface area contributed by atoms with E-state index in [1.54, 1.807) is 12.1 Å². The first-order valence-corrected chi connectivity index (χ1v) is 7.24. The van der Waals surface area contributed by atoms with E-state index in [1.165, 1.54) is 0 Å². The van der Waals surface area contributed by atoms with Gasteiger partial charge in [0.2, 0.25) is 0 Å². The summed E-state index contributed by atoms with van der Waals surface area (Å²) < 4.78 is 0. The molecular weight excluding hydrogens is 258 g/mol. The lowest BCUT2D eigenvalue weighted by atomic mass is 10.1. The smallest absolute Gasteiger partial charge is 0.159 e. The van der Waals surface area contributed by atoms with E-state index in [-0.39, 0.29) is 0 Å². The fraction of sp³-hybridized carbons (Fsp3) is 0.308. The number of rotatable bonds is 1. The Labute approximate surface area is 115 Å². The Morgan fingerprint density at radius 1 is 1.21 bits per heavy atom. The van der Waals surface area contributed by atoms with Crippen LogP contribution in [-0.4, -0.2) is 34.8 Å².